The third-order valence-corrected chi connectivity index (χ3v) is 3.82. The first-order chi connectivity index (χ1) is 12.6. The van der Waals surface area contributed by atoms with Gasteiger partial charge in [-0.05, 0) is 30.2 Å². The minimum Gasteiger partial charge on any atom is -0.497 e. The Morgan fingerprint density at radius 2 is 1.69 bits per heavy atom. The van der Waals surface area contributed by atoms with Crippen LogP contribution in [0.1, 0.15) is 5.56 Å². The number of methoxy groups -OCH3 is 4. The van der Waals surface area contributed by atoms with Crippen molar-refractivity contribution >= 4 is 11.7 Å². The zero-order valence-corrected chi connectivity index (χ0v) is 15.4. The van der Waals surface area contributed by atoms with Crippen molar-refractivity contribution in [1.29, 1.82) is 0 Å². The molecule has 7 heteroatoms. The molecule has 140 valence electrons. The van der Waals surface area contributed by atoms with Crippen molar-refractivity contribution in [3.63, 3.8) is 0 Å². The first kappa shape index (κ1) is 19.2. The van der Waals surface area contributed by atoms with Crippen LogP contribution in [0.4, 0.5) is 10.5 Å². The number of nitrogens with one attached hydrogen (secondary N) is 2. The van der Waals surface area contributed by atoms with E-state index in [1.165, 1.54) is 0 Å². The summed E-state index contributed by atoms with van der Waals surface area (Å²) in [6, 6.07) is 10.5. The van der Waals surface area contributed by atoms with Crippen molar-refractivity contribution < 1.29 is 23.7 Å². The number of anilines is 1. The minimum atomic E-state index is -0.335. The van der Waals surface area contributed by atoms with Crippen LogP contribution in [0.3, 0.4) is 0 Å². The van der Waals surface area contributed by atoms with Gasteiger partial charge in [0.05, 0.1) is 34.1 Å². The molecule has 2 N–H and O–H groups in total. The average molecular weight is 360 g/mol. The molecule has 0 aliphatic heterocycles. The average Bonchev–Trinajstić information content (AvgIpc) is 2.67. The monoisotopic (exact) mass is 360 g/mol. The van der Waals surface area contributed by atoms with E-state index in [0.29, 0.717) is 41.7 Å². The zero-order chi connectivity index (χ0) is 18.9. The maximum absolute atomic E-state index is 12.2. The molecule has 0 spiro atoms. The van der Waals surface area contributed by atoms with E-state index in [1.807, 2.05) is 18.2 Å². The third kappa shape index (κ3) is 4.72. The number of carbonyl (C=O) groups is 1. The van der Waals surface area contributed by atoms with E-state index in [0.717, 1.165) is 5.56 Å². The fraction of sp³-hybridized carbons (Fsp3) is 0.316. The Balaban J connectivity index is 1.96. The predicted octanol–water partition coefficient (Wildman–Crippen LogP) is 3.09. The lowest BCUT2D eigenvalue weighted by Crippen LogP contribution is -2.30. The largest absolute Gasteiger partial charge is 0.497 e. The summed E-state index contributed by atoms with van der Waals surface area (Å²) in [5.74, 6) is 2.51. The molecular weight excluding hydrogens is 336 g/mol. The molecule has 0 saturated heterocycles. The van der Waals surface area contributed by atoms with Crippen molar-refractivity contribution in [2.24, 2.45) is 0 Å². The molecule has 7 nitrogen and oxygen atoms in total. The molecule has 0 fully saturated rings. The van der Waals surface area contributed by atoms with Gasteiger partial charge in [-0.25, -0.2) is 4.79 Å². The Hall–Kier alpha value is -3.09. The predicted molar refractivity (Wildman–Crippen MR) is 99.8 cm³/mol. The summed E-state index contributed by atoms with van der Waals surface area (Å²) in [5, 5.41) is 5.58. The quantitative estimate of drug-likeness (QED) is 0.756. The van der Waals surface area contributed by atoms with Crippen LogP contribution in [0.5, 0.6) is 23.0 Å². The molecule has 2 aromatic carbocycles. The van der Waals surface area contributed by atoms with E-state index in [9.17, 15) is 4.79 Å². The summed E-state index contributed by atoms with van der Waals surface area (Å²) < 4.78 is 21.1. The number of hydrogen-bond acceptors (Lipinski definition) is 5. The van der Waals surface area contributed by atoms with Crippen molar-refractivity contribution in [3.8, 4) is 23.0 Å². The Morgan fingerprint density at radius 1 is 0.923 bits per heavy atom. The molecule has 0 atom stereocenters. The topological polar surface area (TPSA) is 78.1 Å². The van der Waals surface area contributed by atoms with Crippen LogP contribution >= 0.6 is 0 Å². The highest BCUT2D eigenvalue weighted by Crippen LogP contribution is 2.31. The number of urea groups is 1. The fourth-order valence-corrected chi connectivity index (χ4v) is 2.54. The Morgan fingerprint density at radius 3 is 2.35 bits per heavy atom. The number of ether oxygens (including phenoxy) is 4. The molecule has 0 radical (unpaired) electrons. The maximum Gasteiger partial charge on any atom is 0.319 e. The van der Waals surface area contributed by atoms with Gasteiger partial charge in [0, 0.05) is 12.6 Å². The van der Waals surface area contributed by atoms with Gasteiger partial charge >= 0.3 is 6.03 Å². The van der Waals surface area contributed by atoms with Gasteiger partial charge < -0.3 is 29.6 Å². The summed E-state index contributed by atoms with van der Waals surface area (Å²) in [7, 11) is 6.29. The van der Waals surface area contributed by atoms with Crippen LogP contribution in [-0.4, -0.2) is 41.0 Å². The second kappa shape index (κ2) is 9.41. The van der Waals surface area contributed by atoms with Crippen molar-refractivity contribution in [2.45, 2.75) is 6.42 Å². The van der Waals surface area contributed by atoms with Gasteiger partial charge in [0.15, 0.2) is 11.5 Å². The SMILES string of the molecule is COc1ccc(OC)c(NC(=O)NCCc2cccc(OC)c2OC)c1. The van der Waals surface area contributed by atoms with Crippen molar-refractivity contribution in [3.05, 3.63) is 42.0 Å². The van der Waals surface area contributed by atoms with Crippen LogP contribution in [-0.2, 0) is 6.42 Å². The van der Waals surface area contributed by atoms with Crippen LogP contribution in [0.15, 0.2) is 36.4 Å². The molecule has 0 heterocycles. The number of benzene rings is 2. The summed E-state index contributed by atoms with van der Waals surface area (Å²) in [5.41, 5.74) is 1.48. The van der Waals surface area contributed by atoms with Gasteiger partial charge in [0.1, 0.15) is 11.5 Å². The molecular formula is C19H24N2O5. The first-order valence-electron chi connectivity index (χ1n) is 8.09. The van der Waals surface area contributed by atoms with Gasteiger partial charge in [0.2, 0.25) is 0 Å². The van der Waals surface area contributed by atoms with Crippen LogP contribution < -0.4 is 29.6 Å². The number of para-hydroxylation sites is 1. The molecule has 0 aliphatic rings. The standard InChI is InChI=1S/C19H24N2O5/c1-23-14-8-9-16(24-2)15(12-14)21-19(22)20-11-10-13-6-5-7-17(25-3)18(13)26-4/h5-9,12H,10-11H2,1-4H3,(H2,20,21,22). The number of hydrogen-bond donors (Lipinski definition) is 2. The van der Waals surface area contributed by atoms with E-state index < -0.39 is 0 Å². The van der Waals surface area contributed by atoms with E-state index in [2.05, 4.69) is 10.6 Å². The summed E-state index contributed by atoms with van der Waals surface area (Å²) >= 11 is 0. The van der Waals surface area contributed by atoms with Crippen LogP contribution in [0.25, 0.3) is 0 Å². The molecule has 2 rings (SSSR count). The molecule has 0 aliphatic carbocycles. The first-order valence-corrected chi connectivity index (χ1v) is 8.09. The minimum absolute atomic E-state index is 0.335. The summed E-state index contributed by atoms with van der Waals surface area (Å²) in [6.07, 6.45) is 0.600. The van der Waals surface area contributed by atoms with Gasteiger partial charge in [-0.2, -0.15) is 0 Å². The van der Waals surface area contributed by atoms with Gasteiger partial charge in [-0.3, -0.25) is 0 Å². The van der Waals surface area contributed by atoms with Crippen LogP contribution in [0.2, 0.25) is 0 Å². The number of carbonyl (C=O) groups excluding carboxylic acids is 1. The Kier molecular flexibility index (Phi) is 6.96. The van der Waals surface area contributed by atoms with E-state index in [4.69, 9.17) is 18.9 Å². The molecule has 26 heavy (non-hydrogen) atoms. The van der Waals surface area contributed by atoms with Gasteiger partial charge in [-0.1, -0.05) is 12.1 Å². The van der Waals surface area contributed by atoms with Gasteiger partial charge in [-0.15, -0.1) is 0 Å². The van der Waals surface area contributed by atoms with Gasteiger partial charge in [0.25, 0.3) is 0 Å². The van der Waals surface area contributed by atoms with E-state index >= 15 is 0 Å². The van der Waals surface area contributed by atoms with Crippen LogP contribution in [0, 0.1) is 0 Å². The highest BCUT2D eigenvalue weighted by Gasteiger charge is 2.11. The second-order valence-corrected chi connectivity index (χ2v) is 5.35. The van der Waals surface area contributed by atoms with E-state index in [-0.39, 0.29) is 6.03 Å². The molecule has 0 saturated carbocycles. The number of rotatable bonds is 8. The van der Waals surface area contributed by atoms with Crippen molar-refractivity contribution in [1.82, 2.24) is 5.32 Å². The lowest BCUT2D eigenvalue weighted by molar-refractivity contribution is 0.252. The third-order valence-electron chi connectivity index (χ3n) is 3.82. The second-order valence-electron chi connectivity index (χ2n) is 5.35. The highest BCUT2D eigenvalue weighted by atomic mass is 16.5. The molecule has 0 bridgehead atoms. The highest BCUT2D eigenvalue weighted by molar-refractivity contribution is 5.91. The summed E-state index contributed by atoms with van der Waals surface area (Å²) in [4.78, 5) is 12.2. The fourth-order valence-electron chi connectivity index (χ4n) is 2.54. The molecule has 2 amide bonds. The Labute approximate surface area is 153 Å². The van der Waals surface area contributed by atoms with E-state index in [1.54, 1.807) is 46.6 Å². The Bertz CT molecular complexity index is 749. The van der Waals surface area contributed by atoms with Crippen molar-refractivity contribution in [2.75, 3.05) is 40.3 Å². The smallest absolute Gasteiger partial charge is 0.319 e. The maximum atomic E-state index is 12.2. The number of amides is 2. The lowest BCUT2D eigenvalue weighted by Gasteiger charge is -2.14. The lowest BCUT2D eigenvalue weighted by atomic mass is 10.1. The zero-order valence-electron chi connectivity index (χ0n) is 15.4. The normalized spacial score (nSPS) is 10.0. The molecule has 0 aromatic heterocycles. The molecule has 2 aromatic rings. The molecule has 0 unspecified atom stereocenters. The summed E-state index contributed by atoms with van der Waals surface area (Å²) in [6.45, 7) is 0.432.